The van der Waals surface area contributed by atoms with Crippen molar-refractivity contribution in [2.24, 2.45) is 0 Å². The molecular weight excluding hydrogens is 154 g/mol. The van der Waals surface area contributed by atoms with Gasteiger partial charge in [-0.2, -0.15) is 4.37 Å². The molecule has 0 radical (unpaired) electrons. The van der Waals surface area contributed by atoms with E-state index >= 15 is 0 Å². The van der Waals surface area contributed by atoms with Crippen LogP contribution in [0.5, 0.6) is 0 Å². The highest BCUT2D eigenvalue weighted by molar-refractivity contribution is 7.13. The zero-order valence-corrected chi connectivity index (χ0v) is 7.40. The number of hydrogen-bond donors (Lipinski definition) is 0. The summed E-state index contributed by atoms with van der Waals surface area (Å²) >= 11 is 1.58. The predicted molar refractivity (Wildman–Crippen MR) is 49.1 cm³/mol. The first-order valence-corrected chi connectivity index (χ1v) is 4.38. The molecule has 2 aromatic rings. The van der Waals surface area contributed by atoms with Gasteiger partial charge in [0.25, 0.3) is 0 Å². The van der Waals surface area contributed by atoms with Crippen molar-refractivity contribution in [3.63, 3.8) is 0 Å². The van der Waals surface area contributed by atoms with Gasteiger partial charge in [-0.1, -0.05) is 12.1 Å². The van der Waals surface area contributed by atoms with E-state index in [2.05, 4.69) is 36.4 Å². The summed E-state index contributed by atoms with van der Waals surface area (Å²) in [7, 11) is 0. The minimum Gasteiger partial charge on any atom is -0.197 e. The van der Waals surface area contributed by atoms with E-state index in [9.17, 15) is 0 Å². The average Bonchev–Trinajstić information content (AvgIpc) is 2.34. The van der Waals surface area contributed by atoms with E-state index in [1.54, 1.807) is 11.5 Å². The third-order valence-electron chi connectivity index (χ3n) is 1.88. The lowest BCUT2D eigenvalue weighted by molar-refractivity contribution is 1.36. The van der Waals surface area contributed by atoms with Gasteiger partial charge in [0.1, 0.15) is 0 Å². The molecule has 1 heterocycles. The van der Waals surface area contributed by atoms with Crippen molar-refractivity contribution in [2.45, 2.75) is 13.8 Å². The predicted octanol–water partition coefficient (Wildman–Crippen LogP) is 2.91. The number of benzene rings is 1. The average molecular weight is 163 g/mol. The summed E-state index contributed by atoms with van der Waals surface area (Å²) < 4.78 is 5.59. The smallest absolute Gasteiger partial charge is 0.0592 e. The maximum atomic E-state index is 4.30. The van der Waals surface area contributed by atoms with Gasteiger partial charge in [-0.25, -0.2) is 0 Å². The molecule has 1 nitrogen and oxygen atoms in total. The molecule has 0 spiro atoms. The second-order valence-corrected chi connectivity index (χ2v) is 3.52. The first-order chi connectivity index (χ1) is 5.29. The Balaban J connectivity index is 2.96. The van der Waals surface area contributed by atoms with Crippen molar-refractivity contribution in [1.82, 2.24) is 4.37 Å². The Bertz CT molecular complexity index is 389. The molecule has 0 bridgehead atoms. The molecule has 0 saturated carbocycles. The van der Waals surface area contributed by atoms with Crippen LogP contribution in [0.1, 0.15) is 11.3 Å². The van der Waals surface area contributed by atoms with Crippen LogP contribution in [0.4, 0.5) is 0 Å². The third-order valence-corrected chi connectivity index (χ3v) is 2.78. The molecule has 1 aromatic heterocycles. The Morgan fingerprint density at radius 3 is 2.82 bits per heavy atom. The van der Waals surface area contributed by atoms with Crippen LogP contribution in [0.3, 0.4) is 0 Å². The zero-order valence-electron chi connectivity index (χ0n) is 6.59. The highest BCUT2D eigenvalue weighted by Gasteiger charge is 2.02. The monoisotopic (exact) mass is 163 g/mol. The highest BCUT2D eigenvalue weighted by Crippen LogP contribution is 2.24. The lowest BCUT2D eigenvalue weighted by atomic mass is 10.1. The molecular formula is C9H9NS. The number of aryl methyl sites for hydroxylation is 2. The van der Waals surface area contributed by atoms with Crippen molar-refractivity contribution < 1.29 is 0 Å². The van der Waals surface area contributed by atoms with Gasteiger partial charge in [0.2, 0.25) is 0 Å². The topological polar surface area (TPSA) is 12.9 Å². The molecule has 0 aliphatic carbocycles. The zero-order chi connectivity index (χ0) is 7.84. The van der Waals surface area contributed by atoms with Crippen LogP contribution in [-0.2, 0) is 0 Å². The van der Waals surface area contributed by atoms with Crippen LogP contribution in [0.15, 0.2) is 18.2 Å². The van der Waals surface area contributed by atoms with E-state index in [1.165, 1.54) is 15.6 Å². The Morgan fingerprint density at radius 2 is 2.09 bits per heavy atom. The molecule has 1 aromatic carbocycles. The molecule has 0 N–H and O–H groups in total. The Kier molecular flexibility index (Phi) is 1.43. The Morgan fingerprint density at radius 1 is 1.27 bits per heavy atom. The van der Waals surface area contributed by atoms with Gasteiger partial charge in [0.15, 0.2) is 0 Å². The fraction of sp³-hybridized carbons (Fsp3) is 0.222. The maximum Gasteiger partial charge on any atom is 0.0592 e. The number of rotatable bonds is 0. The van der Waals surface area contributed by atoms with Crippen molar-refractivity contribution in [3.05, 3.63) is 29.5 Å². The minimum absolute atomic E-state index is 1.16. The highest BCUT2D eigenvalue weighted by atomic mass is 32.1. The van der Waals surface area contributed by atoms with E-state index in [0.29, 0.717) is 0 Å². The van der Waals surface area contributed by atoms with E-state index in [4.69, 9.17) is 0 Å². The summed E-state index contributed by atoms with van der Waals surface area (Å²) in [6, 6.07) is 6.33. The summed E-state index contributed by atoms with van der Waals surface area (Å²) in [4.78, 5) is 0. The molecule has 0 aliphatic heterocycles. The lowest BCUT2D eigenvalue weighted by Gasteiger charge is -1.93. The number of hydrogen-bond acceptors (Lipinski definition) is 2. The minimum atomic E-state index is 1.16. The molecule has 0 unspecified atom stereocenters. The SMILES string of the molecule is Cc1cccc2snc(C)c12. The number of fused-ring (bicyclic) bond motifs is 1. The van der Waals surface area contributed by atoms with E-state index < -0.39 is 0 Å². The maximum absolute atomic E-state index is 4.30. The Labute approximate surface area is 69.8 Å². The van der Waals surface area contributed by atoms with Crippen LogP contribution in [0.2, 0.25) is 0 Å². The molecule has 11 heavy (non-hydrogen) atoms. The van der Waals surface area contributed by atoms with Gasteiger partial charge in [0, 0.05) is 5.39 Å². The molecule has 56 valence electrons. The third kappa shape index (κ3) is 0.942. The molecule has 0 fully saturated rings. The molecule has 2 rings (SSSR count). The molecule has 0 saturated heterocycles. The normalized spacial score (nSPS) is 10.7. The fourth-order valence-corrected chi connectivity index (χ4v) is 2.21. The Hall–Kier alpha value is -0.890. The van der Waals surface area contributed by atoms with Gasteiger partial charge >= 0.3 is 0 Å². The van der Waals surface area contributed by atoms with Crippen molar-refractivity contribution >= 4 is 21.6 Å². The summed E-state index contributed by atoms with van der Waals surface area (Å²) in [5.41, 5.74) is 2.48. The van der Waals surface area contributed by atoms with Crippen LogP contribution in [0, 0.1) is 13.8 Å². The lowest BCUT2D eigenvalue weighted by Crippen LogP contribution is -1.75. The summed E-state index contributed by atoms with van der Waals surface area (Å²) in [5, 5.41) is 1.33. The van der Waals surface area contributed by atoms with Gasteiger partial charge in [-0.15, -0.1) is 0 Å². The van der Waals surface area contributed by atoms with Crippen LogP contribution in [-0.4, -0.2) is 4.37 Å². The van der Waals surface area contributed by atoms with Gasteiger partial charge in [-0.05, 0) is 37.0 Å². The van der Waals surface area contributed by atoms with E-state index in [1.807, 2.05) is 0 Å². The van der Waals surface area contributed by atoms with Crippen molar-refractivity contribution in [2.75, 3.05) is 0 Å². The molecule has 2 heteroatoms. The molecule has 0 aliphatic rings. The van der Waals surface area contributed by atoms with Crippen molar-refractivity contribution in [3.8, 4) is 0 Å². The van der Waals surface area contributed by atoms with Gasteiger partial charge < -0.3 is 0 Å². The van der Waals surface area contributed by atoms with Gasteiger partial charge in [0.05, 0.1) is 10.4 Å². The quantitative estimate of drug-likeness (QED) is 0.582. The molecule has 0 amide bonds. The second kappa shape index (κ2) is 2.31. The summed E-state index contributed by atoms with van der Waals surface area (Å²) in [6.45, 7) is 4.19. The van der Waals surface area contributed by atoms with Crippen LogP contribution >= 0.6 is 11.5 Å². The number of aromatic nitrogens is 1. The van der Waals surface area contributed by atoms with E-state index in [0.717, 1.165) is 5.69 Å². The van der Waals surface area contributed by atoms with Crippen molar-refractivity contribution in [1.29, 1.82) is 0 Å². The second-order valence-electron chi connectivity index (χ2n) is 2.72. The first-order valence-electron chi connectivity index (χ1n) is 3.60. The van der Waals surface area contributed by atoms with Crippen LogP contribution in [0.25, 0.3) is 10.1 Å². The standard InChI is InChI=1S/C9H9NS/c1-6-4-3-5-8-9(6)7(2)10-11-8/h3-5H,1-2H3. The largest absolute Gasteiger partial charge is 0.197 e. The van der Waals surface area contributed by atoms with Gasteiger partial charge in [-0.3, -0.25) is 0 Å². The van der Waals surface area contributed by atoms with E-state index in [-0.39, 0.29) is 0 Å². The fourth-order valence-electron chi connectivity index (χ4n) is 1.34. The van der Waals surface area contributed by atoms with Crippen LogP contribution < -0.4 is 0 Å². The summed E-state index contributed by atoms with van der Waals surface area (Å²) in [5.74, 6) is 0. The summed E-state index contributed by atoms with van der Waals surface area (Å²) in [6.07, 6.45) is 0. The number of nitrogens with zero attached hydrogens (tertiary/aromatic N) is 1. The first kappa shape index (κ1) is 6.80. The molecule has 0 atom stereocenters.